The number of carboxylic acids is 1. The van der Waals surface area contributed by atoms with Crippen LogP contribution >= 0.6 is 11.8 Å². The smallest absolute Gasteiger partial charge is 0.393 e. The molecular formula is C26H23F3O3S. The van der Waals surface area contributed by atoms with Gasteiger partial charge in [0.1, 0.15) is 5.75 Å². The number of carboxylic acid groups (broad SMARTS) is 1. The van der Waals surface area contributed by atoms with E-state index >= 15 is 0 Å². The maximum Gasteiger partial charge on any atom is 0.393 e. The molecule has 0 aliphatic carbocycles. The molecule has 0 aromatic heterocycles. The predicted molar refractivity (Wildman–Crippen MR) is 125 cm³/mol. The van der Waals surface area contributed by atoms with Crippen LogP contribution in [0, 0.1) is 6.92 Å². The molecule has 3 aromatic rings. The molecule has 0 spiro atoms. The molecule has 0 radical (unpaired) electrons. The van der Waals surface area contributed by atoms with Crippen molar-refractivity contribution in [1.82, 2.24) is 0 Å². The fourth-order valence-electron chi connectivity index (χ4n) is 3.33. The van der Waals surface area contributed by atoms with Crippen LogP contribution in [0.15, 0.2) is 83.8 Å². The summed E-state index contributed by atoms with van der Waals surface area (Å²) in [6.07, 6.45) is -3.21. The van der Waals surface area contributed by atoms with E-state index in [4.69, 9.17) is 9.84 Å². The quantitative estimate of drug-likeness (QED) is 0.349. The maximum atomic E-state index is 12.9. The summed E-state index contributed by atoms with van der Waals surface area (Å²) in [5.74, 6) is 0.0504. The van der Waals surface area contributed by atoms with Crippen molar-refractivity contribution in [2.45, 2.75) is 24.4 Å². The zero-order valence-electron chi connectivity index (χ0n) is 17.9. The third kappa shape index (κ3) is 7.71. The summed E-state index contributed by atoms with van der Waals surface area (Å²) in [7, 11) is 0. The number of hydrogen-bond donors (Lipinski definition) is 1. The number of ether oxygens (including phenoxy) is 1. The highest BCUT2D eigenvalue weighted by molar-refractivity contribution is 7.99. The molecule has 0 saturated heterocycles. The van der Waals surface area contributed by atoms with E-state index in [0.29, 0.717) is 11.5 Å². The molecular weight excluding hydrogens is 449 g/mol. The second kappa shape index (κ2) is 11.1. The summed E-state index contributed by atoms with van der Waals surface area (Å²) < 4.78 is 43.9. The van der Waals surface area contributed by atoms with Crippen LogP contribution in [0.25, 0.3) is 5.57 Å². The van der Waals surface area contributed by atoms with Gasteiger partial charge in [-0.05, 0) is 52.9 Å². The molecule has 172 valence electrons. The van der Waals surface area contributed by atoms with Gasteiger partial charge in [-0.25, -0.2) is 4.79 Å². The van der Waals surface area contributed by atoms with Gasteiger partial charge in [-0.2, -0.15) is 13.2 Å². The minimum atomic E-state index is -4.26. The highest BCUT2D eigenvalue weighted by atomic mass is 32.2. The first-order chi connectivity index (χ1) is 15.7. The van der Waals surface area contributed by atoms with E-state index in [-0.39, 0.29) is 5.56 Å². The summed E-state index contributed by atoms with van der Waals surface area (Å²) in [6, 6.07) is 21.5. The summed E-state index contributed by atoms with van der Waals surface area (Å²) in [6.45, 7) is 1.51. The molecule has 7 heteroatoms. The number of benzene rings is 3. The van der Waals surface area contributed by atoms with Crippen molar-refractivity contribution in [3.05, 3.63) is 101 Å². The van der Waals surface area contributed by atoms with E-state index in [9.17, 15) is 18.0 Å². The lowest BCUT2D eigenvalue weighted by Gasteiger charge is -2.12. The van der Waals surface area contributed by atoms with Crippen molar-refractivity contribution < 1.29 is 27.8 Å². The lowest BCUT2D eigenvalue weighted by Crippen LogP contribution is -2.11. The minimum Gasteiger partial charge on any atom is -0.482 e. The van der Waals surface area contributed by atoms with E-state index in [1.165, 1.54) is 6.07 Å². The van der Waals surface area contributed by atoms with Gasteiger partial charge < -0.3 is 9.84 Å². The molecule has 0 bridgehead atoms. The van der Waals surface area contributed by atoms with Crippen LogP contribution in [-0.4, -0.2) is 29.6 Å². The van der Waals surface area contributed by atoms with Gasteiger partial charge in [0.2, 0.25) is 0 Å². The first kappa shape index (κ1) is 24.5. The second-order valence-corrected chi connectivity index (χ2v) is 8.46. The van der Waals surface area contributed by atoms with Crippen molar-refractivity contribution in [1.29, 1.82) is 0 Å². The number of carbonyl (C=O) groups is 1. The van der Waals surface area contributed by atoms with E-state index in [2.05, 4.69) is 0 Å². The average molecular weight is 473 g/mol. The molecule has 0 atom stereocenters. The van der Waals surface area contributed by atoms with Gasteiger partial charge in [-0.15, -0.1) is 11.8 Å². The highest BCUT2D eigenvalue weighted by Crippen LogP contribution is 2.30. The Morgan fingerprint density at radius 2 is 1.73 bits per heavy atom. The maximum absolute atomic E-state index is 12.9. The molecule has 33 heavy (non-hydrogen) atoms. The van der Waals surface area contributed by atoms with Crippen molar-refractivity contribution >= 4 is 23.3 Å². The summed E-state index contributed by atoms with van der Waals surface area (Å²) in [5.41, 5.74) is 3.70. The number of thioether (sulfide) groups is 1. The van der Waals surface area contributed by atoms with Crippen molar-refractivity contribution in [2.24, 2.45) is 0 Å². The number of alkyl halides is 3. The Bertz CT molecular complexity index is 1130. The SMILES string of the molecule is Cc1cc(OCC(=O)O)ccc1SCC=C(c1ccccc1)c1cccc(CC(F)(F)F)c1. The van der Waals surface area contributed by atoms with Crippen LogP contribution < -0.4 is 4.74 Å². The molecule has 0 unspecified atom stereocenters. The zero-order chi connectivity index (χ0) is 23.8. The molecule has 0 saturated carbocycles. The topological polar surface area (TPSA) is 46.5 Å². The Morgan fingerprint density at radius 1 is 1.00 bits per heavy atom. The summed E-state index contributed by atoms with van der Waals surface area (Å²) in [4.78, 5) is 11.7. The van der Waals surface area contributed by atoms with Gasteiger partial charge in [0, 0.05) is 10.6 Å². The van der Waals surface area contributed by atoms with E-state index in [1.54, 1.807) is 36.0 Å². The molecule has 0 aliphatic rings. The lowest BCUT2D eigenvalue weighted by atomic mass is 9.95. The Hall–Kier alpha value is -3.19. The Labute approximate surface area is 194 Å². The van der Waals surface area contributed by atoms with Crippen LogP contribution in [-0.2, 0) is 11.2 Å². The molecule has 3 nitrogen and oxygen atoms in total. The fourth-order valence-corrected chi connectivity index (χ4v) is 4.21. The largest absolute Gasteiger partial charge is 0.482 e. The lowest BCUT2D eigenvalue weighted by molar-refractivity contribution is -0.139. The standard InChI is InChI=1S/C26H23F3O3S/c1-18-14-22(32-17-25(30)31)10-11-24(18)33-13-12-23(20-7-3-2-4-8-20)21-9-5-6-19(15-21)16-26(27,28)29/h2-12,14-15H,13,16-17H2,1H3,(H,30,31). The Kier molecular flexibility index (Phi) is 8.22. The molecule has 0 heterocycles. The first-order valence-corrected chi connectivity index (χ1v) is 11.2. The molecule has 3 aromatic carbocycles. The second-order valence-electron chi connectivity index (χ2n) is 7.40. The van der Waals surface area contributed by atoms with E-state index < -0.39 is 25.2 Å². The molecule has 3 rings (SSSR count). The van der Waals surface area contributed by atoms with Gasteiger partial charge in [-0.3, -0.25) is 0 Å². The molecule has 0 aliphatic heterocycles. The number of rotatable bonds is 9. The third-order valence-corrected chi connectivity index (χ3v) is 5.86. The fraction of sp³-hybridized carbons (Fsp3) is 0.192. The number of aryl methyl sites for hydroxylation is 1. The van der Waals surface area contributed by atoms with Gasteiger partial charge in [0.25, 0.3) is 0 Å². The summed E-state index contributed by atoms with van der Waals surface area (Å²) in [5, 5.41) is 8.74. The van der Waals surface area contributed by atoms with Gasteiger partial charge >= 0.3 is 12.1 Å². The molecule has 0 amide bonds. The van der Waals surface area contributed by atoms with Crippen molar-refractivity contribution in [2.75, 3.05) is 12.4 Å². The van der Waals surface area contributed by atoms with E-state index in [1.807, 2.05) is 55.5 Å². The van der Waals surface area contributed by atoms with Crippen LogP contribution in [0.3, 0.4) is 0 Å². The van der Waals surface area contributed by atoms with Crippen molar-refractivity contribution in [3.63, 3.8) is 0 Å². The van der Waals surface area contributed by atoms with Crippen LogP contribution in [0.5, 0.6) is 5.75 Å². The van der Waals surface area contributed by atoms with Crippen LogP contribution in [0.1, 0.15) is 22.3 Å². The monoisotopic (exact) mass is 472 g/mol. The normalized spacial score (nSPS) is 11.9. The summed E-state index contributed by atoms with van der Waals surface area (Å²) >= 11 is 1.58. The zero-order valence-corrected chi connectivity index (χ0v) is 18.7. The van der Waals surface area contributed by atoms with Crippen LogP contribution in [0.4, 0.5) is 13.2 Å². The number of aliphatic carboxylic acids is 1. The predicted octanol–water partition coefficient (Wildman–Crippen LogP) is 6.79. The van der Waals surface area contributed by atoms with Gasteiger partial charge in [0.05, 0.1) is 6.42 Å². The van der Waals surface area contributed by atoms with E-state index in [0.717, 1.165) is 27.2 Å². The van der Waals surface area contributed by atoms with Gasteiger partial charge in [-0.1, -0.05) is 60.7 Å². The Balaban J connectivity index is 1.81. The highest BCUT2D eigenvalue weighted by Gasteiger charge is 2.27. The number of hydrogen-bond acceptors (Lipinski definition) is 3. The van der Waals surface area contributed by atoms with Crippen molar-refractivity contribution in [3.8, 4) is 5.75 Å². The molecule has 0 fully saturated rings. The first-order valence-electron chi connectivity index (χ1n) is 10.2. The number of halogens is 3. The van der Waals surface area contributed by atoms with Crippen LogP contribution in [0.2, 0.25) is 0 Å². The Morgan fingerprint density at radius 3 is 2.39 bits per heavy atom. The molecule has 1 N–H and O–H groups in total. The third-order valence-electron chi connectivity index (χ3n) is 4.76. The minimum absolute atomic E-state index is 0.224. The average Bonchev–Trinajstić information content (AvgIpc) is 2.76. The van der Waals surface area contributed by atoms with Gasteiger partial charge in [0.15, 0.2) is 6.61 Å².